The van der Waals surface area contributed by atoms with Gasteiger partial charge in [0.25, 0.3) is 0 Å². The van der Waals surface area contributed by atoms with Crippen LogP contribution in [0.4, 0.5) is 0 Å². The minimum atomic E-state index is 0.785. The Hall–Kier alpha value is -1.96. The third kappa shape index (κ3) is 0.871. The lowest BCUT2D eigenvalue weighted by Crippen LogP contribution is -1.74. The average Bonchev–Trinajstić information content (AvgIpc) is 2.85. The van der Waals surface area contributed by atoms with Crippen LogP contribution in [0.25, 0.3) is 22.1 Å². The van der Waals surface area contributed by atoms with Gasteiger partial charge in [-0.3, -0.25) is 0 Å². The summed E-state index contributed by atoms with van der Waals surface area (Å²) in [6, 6.07) is 10.3. The number of para-hydroxylation sites is 1. The first-order valence-electron chi connectivity index (χ1n) is 5.43. The number of hydrogen-bond acceptors (Lipinski definition) is 2. The smallest absolute Gasteiger partial charge is 0.134 e. The van der Waals surface area contributed by atoms with Crippen molar-refractivity contribution in [3.8, 4) is 11.1 Å². The van der Waals surface area contributed by atoms with Crippen LogP contribution in [0.5, 0.6) is 0 Å². The van der Waals surface area contributed by atoms with Crippen LogP contribution >= 0.6 is 0 Å². The van der Waals surface area contributed by atoms with E-state index in [4.69, 9.17) is 8.83 Å². The topological polar surface area (TPSA) is 26.3 Å². The first kappa shape index (κ1) is 8.22. The third-order valence-corrected chi connectivity index (χ3v) is 3.19. The van der Waals surface area contributed by atoms with Crippen LogP contribution in [0.15, 0.2) is 39.2 Å². The molecule has 4 rings (SSSR count). The number of benzene rings is 1. The first-order chi connectivity index (χ1) is 7.83. The van der Waals surface area contributed by atoms with Gasteiger partial charge in [-0.25, -0.2) is 0 Å². The minimum absolute atomic E-state index is 0.785. The molecule has 0 spiro atoms. The lowest BCUT2D eigenvalue weighted by molar-refractivity contribution is 0.478. The molecule has 2 nitrogen and oxygen atoms in total. The molecule has 0 atom stereocenters. The summed E-state index contributed by atoms with van der Waals surface area (Å²) in [7, 11) is 0. The second-order valence-corrected chi connectivity index (χ2v) is 4.27. The molecule has 2 aromatic heterocycles. The van der Waals surface area contributed by atoms with Gasteiger partial charge in [0.2, 0.25) is 0 Å². The van der Waals surface area contributed by atoms with Gasteiger partial charge in [-0.1, -0.05) is 18.2 Å². The second kappa shape index (κ2) is 2.59. The molecule has 0 N–H and O–H groups in total. The van der Waals surface area contributed by atoms with Gasteiger partial charge in [-0.15, -0.1) is 0 Å². The fourth-order valence-electron chi connectivity index (χ4n) is 2.57. The summed E-state index contributed by atoms with van der Waals surface area (Å²) >= 11 is 0. The summed E-state index contributed by atoms with van der Waals surface area (Å²) in [6.45, 7) is 1.99. The largest absolute Gasteiger partial charge is 0.465 e. The van der Waals surface area contributed by atoms with E-state index in [1.54, 1.807) is 0 Å². The SMILES string of the molecule is Cc1cc2c(o1)Cc1oc3ccccc3c1-2. The van der Waals surface area contributed by atoms with Gasteiger partial charge in [0.15, 0.2) is 0 Å². The molecular formula is C14H10O2. The van der Waals surface area contributed by atoms with E-state index < -0.39 is 0 Å². The Morgan fingerprint density at radius 1 is 1.06 bits per heavy atom. The molecule has 1 aliphatic carbocycles. The lowest BCUT2D eigenvalue weighted by Gasteiger charge is -1.91. The molecular weight excluding hydrogens is 200 g/mol. The summed E-state index contributed by atoms with van der Waals surface area (Å²) in [5.41, 5.74) is 3.40. The van der Waals surface area contributed by atoms with E-state index in [0.717, 1.165) is 29.3 Å². The highest BCUT2D eigenvalue weighted by Crippen LogP contribution is 2.44. The molecule has 78 valence electrons. The molecule has 0 saturated heterocycles. The van der Waals surface area contributed by atoms with E-state index in [-0.39, 0.29) is 0 Å². The van der Waals surface area contributed by atoms with Gasteiger partial charge in [0.05, 0.1) is 6.42 Å². The van der Waals surface area contributed by atoms with Crippen molar-refractivity contribution in [1.29, 1.82) is 0 Å². The predicted octanol–water partition coefficient (Wildman–Crippen LogP) is 3.91. The van der Waals surface area contributed by atoms with Crippen LogP contribution in [0.2, 0.25) is 0 Å². The summed E-state index contributed by atoms with van der Waals surface area (Å²) in [6.07, 6.45) is 0.785. The van der Waals surface area contributed by atoms with Crippen molar-refractivity contribution in [3.05, 3.63) is 47.6 Å². The van der Waals surface area contributed by atoms with E-state index in [2.05, 4.69) is 12.1 Å². The van der Waals surface area contributed by atoms with Gasteiger partial charge in [-0.05, 0) is 19.1 Å². The zero-order chi connectivity index (χ0) is 10.7. The number of hydrogen-bond donors (Lipinski definition) is 0. The monoisotopic (exact) mass is 210 g/mol. The molecule has 1 aliphatic rings. The van der Waals surface area contributed by atoms with Crippen molar-refractivity contribution in [2.24, 2.45) is 0 Å². The Labute approximate surface area is 92.5 Å². The summed E-state index contributed by atoms with van der Waals surface area (Å²) < 4.78 is 11.5. The number of furan rings is 2. The standard InChI is InChI=1S/C14H10O2/c1-8-6-10-12(15-8)7-13-14(10)9-4-2-3-5-11(9)16-13/h2-6H,7H2,1H3. The van der Waals surface area contributed by atoms with E-state index in [1.165, 1.54) is 16.5 Å². The van der Waals surface area contributed by atoms with E-state index in [9.17, 15) is 0 Å². The second-order valence-electron chi connectivity index (χ2n) is 4.27. The van der Waals surface area contributed by atoms with Crippen LogP contribution in [0.1, 0.15) is 17.3 Å². The maximum Gasteiger partial charge on any atom is 0.134 e. The first-order valence-corrected chi connectivity index (χ1v) is 5.43. The Morgan fingerprint density at radius 2 is 1.94 bits per heavy atom. The summed E-state index contributed by atoms with van der Waals surface area (Å²) in [5.74, 6) is 3.05. The fraction of sp³-hybridized carbons (Fsp3) is 0.143. The third-order valence-electron chi connectivity index (χ3n) is 3.19. The van der Waals surface area contributed by atoms with Crippen molar-refractivity contribution in [1.82, 2.24) is 0 Å². The average molecular weight is 210 g/mol. The molecule has 1 aromatic carbocycles. The normalized spacial score (nSPS) is 13.1. The van der Waals surface area contributed by atoms with Gasteiger partial charge >= 0.3 is 0 Å². The minimum Gasteiger partial charge on any atom is -0.465 e. The molecule has 0 amide bonds. The van der Waals surface area contributed by atoms with E-state index >= 15 is 0 Å². The van der Waals surface area contributed by atoms with Gasteiger partial charge in [0.1, 0.15) is 22.9 Å². The Kier molecular flexibility index (Phi) is 1.33. The molecule has 2 heteroatoms. The molecule has 3 aromatic rings. The molecule has 0 bridgehead atoms. The Balaban J connectivity index is 2.14. The van der Waals surface area contributed by atoms with E-state index in [1.807, 2.05) is 25.1 Å². The van der Waals surface area contributed by atoms with Crippen molar-refractivity contribution in [2.75, 3.05) is 0 Å². The van der Waals surface area contributed by atoms with Crippen molar-refractivity contribution < 1.29 is 8.83 Å². The van der Waals surface area contributed by atoms with Crippen molar-refractivity contribution in [3.63, 3.8) is 0 Å². The van der Waals surface area contributed by atoms with Gasteiger partial charge in [-0.2, -0.15) is 0 Å². The number of rotatable bonds is 0. The number of fused-ring (bicyclic) bond motifs is 5. The van der Waals surface area contributed by atoms with Crippen LogP contribution in [-0.4, -0.2) is 0 Å². The number of aryl methyl sites for hydroxylation is 1. The maximum atomic E-state index is 5.83. The van der Waals surface area contributed by atoms with Crippen LogP contribution < -0.4 is 0 Å². The van der Waals surface area contributed by atoms with Gasteiger partial charge in [0, 0.05) is 16.5 Å². The van der Waals surface area contributed by atoms with Crippen LogP contribution in [-0.2, 0) is 6.42 Å². The predicted molar refractivity (Wildman–Crippen MR) is 61.5 cm³/mol. The molecule has 0 unspecified atom stereocenters. The van der Waals surface area contributed by atoms with Crippen molar-refractivity contribution >= 4 is 11.0 Å². The molecule has 2 heterocycles. The molecule has 0 fully saturated rings. The van der Waals surface area contributed by atoms with Crippen LogP contribution in [0, 0.1) is 6.92 Å². The highest BCUT2D eigenvalue weighted by molar-refractivity contribution is 5.98. The molecule has 0 saturated carbocycles. The summed E-state index contributed by atoms with van der Waals surface area (Å²) in [5, 5.41) is 1.19. The zero-order valence-electron chi connectivity index (χ0n) is 8.91. The van der Waals surface area contributed by atoms with Crippen molar-refractivity contribution in [2.45, 2.75) is 13.3 Å². The molecule has 16 heavy (non-hydrogen) atoms. The van der Waals surface area contributed by atoms with Gasteiger partial charge < -0.3 is 8.83 Å². The Morgan fingerprint density at radius 3 is 2.88 bits per heavy atom. The Bertz CT molecular complexity index is 701. The van der Waals surface area contributed by atoms with E-state index in [0.29, 0.717) is 0 Å². The lowest BCUT2D eigenvalue weighted by atomic mass is 10.1. The maximum absolute atomic E-state index is 5.83. The highest BCUT2D eigenvalue weighted by Gasteiger charge is 2.28. The molecule has 0 aliphatic heterocycles. The summed E-state index contributed by atoms with van der Waals surface area (Å²) in [4.78, 5) is 0. The molecule has 0 radical (unpaired) electrons. The fourth-order valence-corrected chi connectivity index (χ4v) is 2.57. The van der Waals surface area contributed by atoms with Crippen LogP contribution in [0.3, 0.4) is 0 Å². The quantitative estimate of drug-likeness (QED) is 0.440. The zero-order valence-corrected chi connectivity index (χ0v) is 8.91. The highest BCUT2D eigenvalue weighted by atomic mass is 16.4.